The first kappa shape index (κ1) is 6.68. The number of nitrogens with zero attached hydrogens (tertiary/aromatic N) is 1. The van der Waals surface area contributed by atoms with Crippen LogP contribution in [0, 0.1) is 0 Å². The van der Waals surface area contributed by atoms with Gasteiger partial charge in [0.25, 0.3) is 0 Å². The van der Waals surface area contributed by atoms with Crippen molar-refractivity contribution in [2.24, 2.45) is 0 Å². The molecule has 1 aromatic heterocycles. The second kappa shape index (κ2) is 2.06. The number of hydrogen-bond acceptors (Lipinski definition) is 3. The summed E-state index contributed by atoms with van der Waals surface area (Å²) in [6.45, 7) is 3.98. The molecule has 0 atom stereocenters. The van der Waals surface area contributed by atoms with Gasteiger partial charge in [0, 0.05) is 10.3 Å². The molecule has 0 radical (unpaired) electrons. The van der Waals surface area contributed by atoms with Gasteiger partial charge in [-0.15, -0.1) is 0 Å². The Labute approximate surface area is 59.6 Å². The van der Waals surface area contributed by atoms with Crippen LogP contribution in [-0.2, 0) is 4.75 Å². The van der Waals surface area contributed by atoms with E-state index in [1.165, 1.54) is 0 Å². The molecule has 1 aromatic rings. The molecule has 2 nitrogen and oxygen atoms in total. The molecule has 9 heavy (non-hydrogen) atoms. The fourth-order valence-corrected chi connectivity index (χ4v) is 0.617. The smallest absolute Gasteiger partial charge is 0.128 e. The summed E-state index contributed by atoms with van der Waals surface area (Å²) >= 11 is 4.31. The number of thiol groups is 1. The van der Waals surface area contributed by atoms with Crippen molar-refractivity contribution in [1.82, 2.24) is 5.16 Å². The van der Waals surface area contributed by atoms with Crippen LogP contribution < -0.4 is 0 Å². The molecule has 3 heteroatoms. The summed E-state index contributed by atoms with van der Waals surface area (Å²) < 4.78 is 4.50. The molecule has 1 rings (SSSR count). The van der Waals surface area contributed by atoms with Gasteiger partial charge in [0.2, 0.25) is 0 Å². The average molecular weight is 143 g/mol. The second-order valence-electron chi connectivity index (χ2n) is 2.47. The highest BCUT2D eigenvalue weighted by Crippen LogP contribution is 2.25. The molecule has 0 spiro atoms. The van der Waals surface area contributed by atoms with Crippen molar-refractivity contribution < 1.29 is 4.52 Å². The van der Waals surface area contributed by atoms with Crippen molar-refractivity contribution in [3.05, 3.63) is 18.0 Å². The van der Waals surface area contributed by atoms with Crippen molar-refractivity contribution >= 4 is 12.6 Å². The van der Waals surface area contributed by atoms with Gasteiger partial charge in [0.1, 0.15) is 6.26 Å². The normalized spacial score (nSPS) is 11.9. The van der Waals surface area contributed by atoms with Crippen molar-refractivity contribution in [3.8, 4) is 0 Å². The first-order valence-corrected chi connectivity index (χ1v) is 3.17. The summed E-state index contributed by atoms with van der Waals surface area (Å²) in [5.74, 6) is 0. The molecular weight excluding hydrogens is 134 g/mol. The predicted octanol–water partition coefficient (Wildman–Crippen LogP) is 1.84. The van der Waals surface area contributed by atoms with Gasteiger partial charge in [0.05, 0.1) is 6.20 Å². The number of aromatic nitrogens is 1. The van der Waals surface area contributed by atoms with Crippen LogP contribution >= 0.6 is 12.6 Å². The quantitative estimate of drug-likeness (QED) is 0.607. The molecular formula is C6H9NOS. The van der Waals surface area contributed by atoms with Gasteiger partial charge >= 0.3 is 0 Å². The molecule has 0 bridgehead atoms. The third-order valence-electron chi connectivity index (χ3n) is 1.14. The van der Waals surface area contributed by atoms with Crippen molar-refractivity contribution in [2.75, 3.05) is 0 Å². The van der Waals surface area contributed by atoms with Crippen LogP contribution in [-0.4, -0.2) is 5.16 Å². The fraction of sp³-hybridized carbons (Fsp3) is 0.500. The lowest BCUT2D eigenvalue weighted by Crippen LogP contribution is -2.05. The van der Waals surface area contributed by atoms with E-state index in [0.717, 1.165) is 5.56 Å². The van der Waals surface area contributed by atoms with Gasteiger partial charge in [-0.1, -0.05) is 5.16 Å². The average Bonchev–Trinajstić information content (AvgIpc) is 2.08. The first-order chi connectivity index (χ1) is 4.11. The highest BCUT2D eigenvalue weighted by Gasteiger charge is 2.15. The Morgan fingerprint density at radius 1 is 1.67 bits per heavy atom. The van der Waals surface area contributed by atoms with E-state index in [4.69, 9.17) is 0 Å². The lowest BCUT2D eigenvalue weighted by Gasteiger charge is -2.12. The van der Waals surface area contributed by atoms with Crippen molar-refractivity contribution in [1.29, 1.82) is 0 Å². The van der Waals surface area contributed by atoms with Gasteiger partial charge in [-0.25, -0.2) is 0 Å². The molecule has 0 N–H and O–H groups in total. The fourth-order valence-electron chi connectivity index (χ4n) is 0.507. The lowest BCUT2D eigenvalue weighted by atomic mass is 10.1. The highest BCUT2D eigenvalue weighted by molar-refractivity contribution is 7.81. The lowest BCUT2D eigenvalue weighted by molar-refractivity contribution is 0.418. The first-order valence-electron chi connectivity index (χ1n) is 2.73. The second-order valence-corrected chi connectivity index (χ2v) is 3.59. The van der Waals surface area contributed by atoms with Crippen LogP contribution in [0.4, 0.5) is 0 Å². The highest BCUT2D eigenvalue weighted by atomic mass is 32.1. The van der Waals surface area contributed by atoms with Gasteiger partial charge < -0.3 is 4.52 Å². The largest absolute Gasteiger partial charge is 0.364 e. The van der Waals surface area contributed by atoms with E-state index in [2.05, 4.69) is 22.3 Å². The summed E-state index contributed by atoms with van der Waals surface area (Å²) in [4.78, 5) is 0. The predicted molar refractivity (Wildman–Crippen MR) is 38.5 cm³/mol. The third-order valence-corrected chi connectivity index (χ3v) is 1.40. The Morgan fingerprint density at radius 3 is 2.56 bits per heavy atom. The molecule has 50 valence electrons. The maximum Gasteiger partial charge on any atom is 0.128 e. The van der Waals surface area contributed by atoms with Gasteiger partial charge in [-0.3, -0.25) is 0 Å². The summed E-state index contributed by atoms with van der Waals surface area (Å²) in [7, 11) is 0. The Kier molecular flexibility index (Phi) is 1.53. The van der Waals surface area contributed by atoms with Crippen LogP contribution in [0.5, 0.6) is 0 Å². The Hall–Kier alpha value is -0.440. The van der Waals surface area contributed by atoms with Crippen LogP contribution in [0.3, 0.4) is 0 Å². The standard InChI is InChI=1S/C6H9NOS/c1-6(2,9)5-3-7-8-4-5/h3-4,9H,1-2H3. The Bertz CT molecular complexity index is 175. The van der Waals surface area contributed by atoms with Crippen molar-refractivity contribution in [2.45, 2.75) is 18.6 Å². The molecule has 0 aromatic carbocycles. The Balaban J connectivity index is 2.90. The minimum absolute atomic E-state index is 0.139. The Morgan fingerprint density at radius 2 is 2.33 bits per heavy atom. The minimum Gasteiger partial charge on any atom is -0.364 e. The van der Waals surface area contributed by atoms with Crippen LogP contribution in [0.1, 0.15) is 19.4 Å². The molecule has 0 unspecified atom stereocenters. The summed E-state index contributed by atoms with van der Waals surface area (Å²) in [6.07, 6.45) is 3.28. The molecule has 0 aliphatic rings. The van der Waals surface area contributed by atoms with Gasteiger partial charge in [-0.05, 0) is 13.8 Å². The number of hydrogen-bond donors (Lipinski definition) is 1. The molecule has 0 saturated carbocycles. The summed E-state index contributed by atoms with van der Waals surface area (Å²) in [5.41, 5.74) is 1.01. The zero-order valence-electron chi connectivity index (χ0n) is 5.46. The summed E-state index contributed by atoms with van der Waals surface area (Å²) in [5, 5.41) is 3.56. The monoisotopic (exact) mass is 143 g/mol. The molecule has 1 heterocycles. The van der Waals surface area contributed by atoms with E-state index in [0.29, 0.717) is 0 Å². The van der Waals surface area contributed by atoms with Crippen LogP contribution in [0.25, 0.3) is 0 Å². The molecule has 0 fully saturated rings. The minimum atomic E-state index is -0.139. The van der Waals surface area contributed by atoms with Gasteiger partial charge in [0.15, 0.2) is 0 Å². The van der Waals surface area contributed by atoms with E-state index in [1.807, 2.05) is 13.8 Å². The topological polar surface area (TPSA) is 26.0 Å². The molecule has 0 aliphatic carbocycles. The van der Waals surface area contributed by atoms with E-state index < -0.39 is 0 Å². The SMILES string of the molecule is CC(C)(S)c1cnoc1. The molecule has 0 aliphatic heterocycles. The maximum atomic E-state index is 4.64. The third kappa shape index (κ3) is 1.48. The summed E-state index contributed by atoms with van der Waals surface area (Å²) in [6, 6.07) is 0. The van der Waals surface area contributed by atoms with Crippen LogP contribution in [0.2, 0.25) is 0 Å². The van der Waals surface area contributed by atoms with Crippen LogP contribution in [0.15, 0.2) is 17.0 Å². The maximum absolute atomic E-state index is 4.64. The van der Waals surface area contributed by atoms with Crippen molar-refractivity contribution in [3.63, 3.8) is 0 Å². The van der Waals surface area contributed by atoms with E-state index >= 15 is 0 Å². The van der Waals surface area contributed by atoms with E-state index in [1.54, 1.807) is 12.5 Å². The number of rotatable bonds is 1. The van der Waals surface area contributed by atoms with E-state index in [-0.39, 0.29) is 4.75 Å². The molecule has 0 saturated heterocycles. The van der Waals surface area contributed by atoms with E-state index in [9.17, 15) is 0 Å². The van der Waals surface area contributed by atoms with Gasteiger partial charge in [-0.2, -0.15) is 12.6 Å². The molecule has 0 amide bonds. The zero-order chi connectivity index (χ0) is 6.91. The zero-order valence-corrected chi connectivity index (χ0v) is 6.35.